The van der Waals surface area contributed by atoms with Crippen LogP contribution in [0.15, 0.2) is 12.3 Å². The molecule has 2 nitrogen and oxygen atoms in total. The Hall–Kier alpha value is -1.10. The maximum Gasteiger partial charge on any atom is 0.416 e. The SMILES string of the molecule is OC1CCc2nccc(C(F)(F)F)c21. The summed E-state index contributed by atoms with van der Waals surface area (Å²) in [6.45, 7) is 0. The van der Waals surface area contributed by atoms with Gasteiger partial charge < -0.3 is 5.11 Å². The summed E-state index contributed by atoms with van der Waals surface area (Å²) < 4.78 is 37.4. The number of aromatic nitrogens is 1. The lowest BCUT2D eigenvalue weighted by atomic mass is 10.1. The fraction of sp³-hybridized carbons (Fsp3) is 0.444. The molecule has 1 aliphatic carbocycles. The van der Waals surface area contributed by atoms with Gasteiger partial charge in [-0.3, -0.25) is 4.98 Å². The van der Waals surface area contributed by atoms with Gasteiger partial charge >= 0.3 is 6.18 Å². The third-order valence-electron chi connectivity index (χ3n) is 2.37. The molecule has 0 saturated heterocycles. The van der Waals surface area contributed by atoms with Crippen LogP contribution in [-0.4, -0.2) is 10.1 Å². The molecule has 76 valence electrons. The Morgan fingerprint density at radius 2 is 2.14 bits per heavy atom. The summed E-state index contributed by atoms with van der Waals surface area (Å²) in [6.07, 6.45) is -3.54. The molecular formula is C9H8F3NO. The second-order valence-corrected chi connectivity index (χ2v) is 3.27. The van der Waals surface area contributed by atoms with Gasteiger partial charge in [0, 0.05) is 17.5 Å². The summed E-state index contributed by atoms with van der Waals surface area (Å²) in [5.74, 6) is 0. The largest absolute Gasteiger partial charge is 0.416 e. The van der Waals surface area contributed by atoms with Crippen LogP contribution in [0.5, 0.6) is 0 Å². The van der Waals surface area contributed by atoms with E-state index in [4.69, 9.17) is 0 Å². The molecule has 0 aliphatic heterocycles. The van der Waals surface area contributed by atoms with Gasteiger partial charge in [0.05, 0.1) is 11.7 Å². The number of rotatable bonds is 0. The van der Waals surface area contributed by atoms with Gasteiger partial charge in [-0.05, 0) is 18.9 Å². The Morgan fingerprint density at radius 3 is 2.79 bits per heavy atom. The Balaban J connectivity index is 2.58. The topological polar surface area (TPSA) is 33.1 Å². The number of alkyl halides is 3. The fourth-order valence-corrected chi connectivity index (χ4v) is 1.75. The maximum atomic E-state index is 12.5. The van der Waals surface area contributed by atoms with E-state index in [0.29, 0.717) is 18.5 Å². The molecule has 0 saturated carbocycles. The number of pyridine rings is 1. The highest BCUT2D eigenvalue weighted by atomic mass is 19.4. The minimum atomic E-state index is -4.40. The van der Waals surface area contributed by atoms with E-state index < -0.39 is 17.8 Å². The first-order valence-electron chi connectivity index (χ1n) is 4.23. The first-order chi connectivity index (χ1) is 6.50. The quantitative estimate of drug-likeness (QED) is 0.700. The van der Waals surface area contributed by atoms with Crippen molar-refractivity contribution in [3.05, 3.63) is 29.1 Å². The first-order valence-corrected chi connectivity index (χ1v) is 4.23. The number of aliphatic hydroxyl groups excluding tert-OH is 1. The monoisotopic (exact) mass is 203 g/mol. The molecule has 1 unspecified atom stereocenters. The van der Waals surface area contributed by atoms with Crippen LogP contribution in [0.2, 0.25) is 0 Å². The number of fused-ring (bicyclic) bond motifs is 1. The number of hydrogen-bond acceptors (Lipinski definition) is 2. The molecule has 0 amide bonds. The van der Waals surface area contributed by atoms with E-state index >= 15 is 0 Å². The van der Waals surface area contributed by atoms with Crippen molar-refractivity contribution >= 4 is 0 Å². The van der Waals surface area contributed by atoms with Crippen molar-refractivity contribution < 1.29 is 18.3 Å². The zero-order valence-electron chi connectivity index (χ0n) is 7.17. The van der Waals surface area contributed by atoms with Crippen LogP contribution in [0.3, 0.4) is 0 Å². The molecule has 1 N–H and O–H groups in total. The van der Waals surface area contributed by atoms with Crippen LogP contribution in [0.4, 0.5) is 13.2 Å². The summed E-state index contributed by atoms with van der Waals surface area (Å²) >= 11 is 0. The van der Waals surface area contributed by atoms with Crippen LogP contribution < -0.4 is 0 Å². The predicted octanol–water partition coefficient (Wildman–Crippen LogP) is 2.08. The number of aryl methyl sites for hydroxylation is 1. The van der Waals surface area contributed by atoms with Crippen molar-refractivity contribution in [2.45, 2.75) is 25.1 Å². The highest BCUT2D eigenvalue weighted by Crippen LogP contribution is 2.40. The second kappa shape index (κ2) is 2.95. The van der Waals surface area contributed by atoms with Gasteiger partial charge in [-0.15, -0.1) is 0 Å². The molecule has 14 heavy (non-hydrogen) atoms. The van der Waals surface area contributed by atoms with E-state index in [1.807, 2.05) is 0 Å². The maximum absolute atomic E-state index is 12.5. The van der Waals surface area contributed by atoms with Gasteiger partial charge in [0.2, 0.25) is 0 Å². The minimum Gasteiger partial charge on any atom is -0.388 e. The Bertz CT molecular complexity index is 362. The molecule has 1 atom stereocenters. The third-order valence-corrected chi connectivity index (χ3v) is 2.37. The normalized spacial score (nSPS) is 21.0. The molecule has 1 aromatic rings. The molecule has 0 aromatic carbocycles. The van der Waals surface area contributed by atoms with E-state index in [-0.39, 0.29) is 5.56 Å². The van der Waals surface area contributed by atoms with Gasteiger partial charge in [-0.25, -0.2) is 0 Å². The van der Waals surface area contributed by atoms with E-state index in [9.17, 15) is 18.3 Å². The molecule has 1 aliphatic rings. The van der Waals surface area contributed by atoms with Gasteiger partial charge in [0.25, 0.3) is 0 Å². The summed E-state index contributed by atoms with van der Waals surface area (Å²) in [6, 6.07) is 0.910. The van der Waals surface area contributed by atoms with Crippen LogP contribution >= 0.6 is 0 Å². The Morgan fingerprint density at radius 1 is 1.43 bits per heavy atom. The van der Waals surface area contributed by atoms with Crippen molar-refractivity contribution in [2.24, 2.45) is 0 Å². The molecule has 0 spiro atoms. The fourth-order valence-electron chi connectivity index (χ4n) is 1.75. The van der Waals surface area contributed by atoms with Gasteiger partial charge in [0.15, 0.2) is 0 Å². The summed E-state index contributed by atoms with van der Waals surface area (Å²) in [5, 5.41) is 9.39. The number of halogens is 3. The van der Waals surface area contributed by atoms with Crippen molar-refractivity contribution in [1.82, 2.24) is 4.98 Å². The standard InChI is InChI=1S/C9H8F3NO/c10-9(11,12)5-3-4-13-6-1-2-7(14)8(5)6/h3-4,7,14H,1-2H2. The van der Waals surface area contributed by atoms with Crippen molar-refractivity contribution in [2.75, 3.05) is 0 Å². The second-order valence-electron chi connectivity index (χ2n) is 3.27. The highest BCUT2D eigenvalue weighted by molar-refractivity contribution is 5.37. The van der Waals surface area contributed by atoms with E-state index in [1.54, 1.807) is 0 Å². The summed E-state index contributed by atoms with van der Waals surface area (Å²) in [5.41, 5.74) is -0.431. The molecule has 0 fully saturated rings. The highest BCUT2D eigenvalue weighted by Gasteiger charge is 2.38. The Labute approximate surface area is 78.4 Å². The molecule has 0 bridgehead atoms. The van der Waals surface area contributed by atoms with Crippen LogP contribution in [0, 0.1) is 0 Å². The summed E-state index contributed by atoms with van der Waals surface area (Å²) in [7, 11) is 0. The lowest BCUT2D eigenvalue weighted by Gasteiger charge is -2.13. The molecule has 1 aromatic heterocycles. The average molecular weight is 203 g/mol. The van der Waals surface area contributed by atoms with Gasteiger partial charge in [-0.2, -0.15) is 13.2 Å². The minimum absolute atomic E-state index is 0.0417. The number of nitrogens with zero attached hydrogens (tertiary/aromatic N) is 1. The van der Waals surface area contributed by atoms with E-state index in [2.05, 4.69) is 4.98 Å². The molecule has 0 radical (unpaired) electrons. The van der Waals surface area contributed by atoms with Gasteiger partial charge in [0.1, 0.15) is 0 Å². The van der Waals surface area contributed by atoms with Crippen molar-refractivity contribution in [3.63, 3.8) is 0 Å². The molecule has 1 heterocycles. The molecule has 5 heteroatoms. The first kappa shape index (κ1) is 9.45. The summed E-state index contributed by atoms with van der Waals surface area (Å²) in [4.78, 5) is 3.82. The van der Waals surface area contributed by atoms with Crippen LogP contribution in [0.25, 0.3) is 0 Å². The van der Waals surface area contributed by atoms with Crippen LogP contribution in [0.1, 0.15) is 29.3 Å². The number of aliphatic hydroxyl groups is 1. The molecular weight excluding hydrogens is 195 g/mol. The predicted molar refractivity (Wildman–Crippen MR) is 42.5 cm³/mol. The smallest absolute Gasteiger partial charge is 0.388 e. The number of hydrogen-bond donors (Lipinski definition) is 1. The average Bonchev–Trinajstić information content (AvgIpc) is 2.46. The zero-order chi connectivity index (χ0) is 10.3. The van der Waals surface area contributed by atoms with Crippen LogP contribution in [-0.2, 0) is 12.6 Å². The van der Waals surface area contributed by atoms with Gasteiger partial charge in [-0.1, -0.05) is 0 Å². The zero-order valence-corrected chi connectivity index (χ0v) is 7.17. The third kappa shape index (κ3) is 1.37. The lowest BCUT2D eigenvalue weighted by Crippen LogP contribution is -2.11. The Kier molecular flexibility index (Phi) is 1.99. The van der Waals surface area contributed by atoms with E-state index in [1.165, 1.54) is 0 Å². The van der Waals surface area contributed by atoms with Crippen molar-refractivity contribution in [3.8, 4) is 0 Å². The van der Waals surface area contributed by atoms with E-state index in [0.717, 1.165) is 12.3 Å². The van der Waals surface area contributed by atoms with Crippen molar-refractivity contribution in [1.29, 1.82) is 0 Å². The lowest BCUT2D eigenvalue weighted by molar-refractivity contribution is -0.139. The molecule has 2 rings (SSSR count).